The van der Waals surface area contributed by atoms with Crippen LogP contribution in [-0.2, 0) is 25.5 Å². The first-order valence-corrected chi connectivity index (χ1v) is 11.5. The second-order valence-electron chi connectivity index (χ2n) is 7.52. The van der Waals surface area contributed by atoms with Crippen LogP contribution in [0.1, 0.15) is 24.4 Å². The molecule has 2 fully saturated rings. The molecule has 2 saturated heterocycles. The zero-order valence-corrected chi connectivity index (χ0v) is 18.1. The van der Waals surface area contributed by atoms with Crippen molar-refractivity contribution in [1.29, 1.82) is 0 Å². The van der Waals surface area contributed by atoms with Gasteiger partial charge in [0, 0.05) is 40.8 Å². The zero-order valence-electron chi connectivity index (χ0n) is 16.5. The Kier molecular flexibility index (Phi) is 6.29. The van der Waals surface area contributed by atoms with E-state index in [9.17, 15) is 0 Å². The first-order chi connectivity index (χ1) is 14.7. The average Bonchev–Trinajstić information content (AvgIpc) is 3.52. The molecular formula is C21H24ClN3O4S. The summed E-state index contributed by atoms with van der Waals surface area (Å²) in [6.45, 7) is 3.35. The van der Waals surface area contributed by atoms with Crippen LogP contribution in [0.15, 0.2) is 46.5 Å². The van der Waals surface area contributed by atoms with E-state index in [4.69, 9.17) is 35.5 Å². The number of rotatable bonds is 6. The number of hydrogen-bond acceptors (Lipinski definition) is 7. The molecule has 0 amide bonds. The lowest BCUT2D eigenvalue weighted by atomic mass is 10.0. The summed E-state index contributed by atoms with van der Waals surface area (Å²) < 4.78 is 24.8. The Morgan fingerprint density at radius 3 is 2.60 bits per heavy atom. The predicted octanol–water partition coefficient (Wildman–Crippen LogP) is 3.92. The Hall–Kier alpha value is -1.58. The minimum atomic E-state index is -0.238. The van der Waals surface area contributed by atoms with Gasteiger partial charge in [-0.25, -0.2) is 4.99 Å². The minimum Gasteiger partial charge on any atom is -0.464 e. The summed E-state index contributed by atoms with van der Waals surface area (Å²) in [5.41, 5.74) is 0.877. The average molecular weight is 450 g/mol. The second-order valence-corrected chi connectivity index (χ2v) is 9.13. The molecule has 160 valence electrons. The third kappa shape index (κ3) is 4.68. The smallest absolute Gasteiger partial charge is 0.188 e. The second kappa shape index (κ2) is 9.28. The van der Waals surface area contributed by atoms with Crippen molar-refractivity contribution in [3.63, 3.8) is 0 Å². The van der Waals surface area contributed by atoms with Gasteiger partial charge in [0.05, 0.1) is 26.0 Å². The number of aromatic nitrogens is 2. The first-order valence-electron chi connectivity index (χ1n) is 10.2. The normalized spacial score (nSPS) is 25.4. The van der Waals surface area contributed by atoms with Crippen LogP contribution < -0.4 is 0 Å². The molecule has 0 saturated carbocycles. The van der Waals surface area contributed by atoms with Gasteiger partial charge < -0.3 is 18.9 Å². The highest BCUT2D eigenvalue weighted by molar-refractivity contribution is 7.99. The SMILES string of the molecule is Clc1ccc(SC2OC(C3CCOCC3)=NC2c2cnn(CC3OCCO3)c2)cc1. The van der Waals surface area contributed by atoms with E-state index in [1.165, 1.54) is 0 Å². The quantitative estimate of drug-likeness (QED) is 0.665. The van der Waals surface area contributed by atoms with Gasteiger partial charge in [0.2, 0.25) is 0 Å². The molecule has 3 aliphatic heterocycles. The molecule has 2 aromatic rings. The number of nitrogens with zero attached hydrogens (tertiary/aromatic N) is 3. The maximum Gasteiger partial charge on any atom is 0.188 e. The summed E-state index contributed by atoms with van der Waals surface area (Å²) in [7, 11) is 0. The van der Waals surface area contributed by atoms with E-state index < -0.39 is 0 Å². The maximum atomic E-state index is 6.38. The van der Waals surface area contributed by atoms with Crippen molar-refractivity contribution in [2.75, 3.05) is 26.4 Å². The van der Waals surface area contributed by atoms with Crippen LogP contribution in [0.5, 0.6) is 0 Å². The molecule has 0 spiro atoms. The van der Waals surface area contributed by atoms with E-state index in [2.05, 4.69) is 5.10 Å². The first kappa shape index (κ1) is 20.3. The van der Waals surface area contributed by atoms with E-state index in [0.29, 0.717) is 25.7 Å². The number of thioether (sulfide) groups is 1. The highest BCUT2D eigenvalue weighted by Crippen LogP contribution is 2.41. The highest BCUT2D eigenvalue weighted by atomic mass is 35.5. The Morgan fingerprint density at radius 1 is 1.07 bits per heavy atom. The largest absolute Gasteiger partial charge is 0.464 e. The highest BCUT2D eigenvalue weighted by Gasteiger charge is 2.37. The van der Waals surface area contributed by atoms with Crippen LogP contribution >= 0.6 is 23.4 Å². The Bertz CT molecular complexity index is 879. The molecule has 0 aliphatic carbocycles. The fourth-order valence-corrected chi connectivity index (χ4v) is 5.00. The van der Waals surface area contributed by atoms with Crippen LogP contribution in [0.2, 0.25) is 5.02 Å². The Labute approximate surface area is 184 Å². The zero-order chi connectivity index (χ0) is 20.3. The minimum absolute atomic E-state index is 0.123. The van der Waals surface area contributed by atoms with Crippen LogP contribution in [-0.4, -0.2) is 53.8 Å². The molecule has 0 bridgehead atoms. The van der Waals surface area contributed by atoms with E-state index in [1.807, 2.05) is 41.3 Å². The van der Waals surface area contributed by atoms with Gasteiger partial charge in [-0.2, -0.15) is 5.10 Å². The van der Waals surface area contributed by atoms with Crippen molar-refractivity contribution in [2.45, 2.75) is 42.0 Å². The van der Waals surface area contributed by atoms with Crippen molar-refractivity contribution in [2.24, 2.45) is 10.9 Å². The van der Waals surface area contributed by atoms with Crippen LogP contribution in [0.25, 0.3) is 0 Å². The van der Waals surface area contributed by atoms with Gasteiger partial charge in [-0.05, 0) is 37.1 Å². The summed E-state index contributed by atoms with van der Waals surface area (Å²) in [5.74, 6) is 1.15. The third-order valence-corrected chi connectivity index (χ3v) is 6.80. The van der Waals surface area contributed by atoms with Crippen LogP contribution in [0.3, 0.4) is 0 Å². The van der Waals surface area contributed by atoms with E-state index in [0.717, 1.165) is 47.4 Å². The van der Waals surface area contributed by atoms with Crippen molar-refractivity contribution in [3.05, 3.63) is 47.2 Å². The lowest BCUT2D eigenvalue weighted by Gasteiger charge is -2.22. The van der Waals surface area contributed by atoms with Gasteiger partial charge in [-0.1, -0.05) is 23.4 Å². The molecule has 2 unspecified atom stereocenters. The van der Waals surface area contributed by atoms with Crippen LogP contribution in [0, 0.1) is 5.92 Å². The van der Waals surface area contributed by atoms with Gasteiger partial charge in [0.1, 0.15) is 6.04 Å². The van der Waals surface area contributed by atoms with Crippen molar-refractivity contribution in [3.8, 4) is 0 Å². The molecule has 7 nitrogen and oxygen atoms in total. The molecule has 4 heterocycles. The summed E-state index contributed by atoms with van der Waals surface area (Å²) in [4.78, 5) is 6.09. The standard InChI is InChI=1S/C21H24ClN3O4S/c22-16-1-3-17(4-2-16)30-21-19(24-20(29-21)14-5-7-26-8-6-14)15-11-23-25(12-15)13-18-27-9-10-28-18/h1-4,11-12,14,18-19,21H,5-10,13H2. The molecule has 5 rings (SSSR count). The van der Waals surface area contributed by atoms with Crippen molar-refractivity contribution in [1.82, 2.24) is 9.78 Å². The predicted molar refractivity (Wildman–Crippen MR) is 114 cm³/mol. The molecule has 1 aromatic heterocycles. The molecule has 0 radical (unpaired) electrons. The fraction of sp³-hybridized carbons (Fsp3) is 0.524. The Balaban J connectivity index is 1.35. The lowest BCUT2D eigenvalue weighted by molar-refractivity contribution is -0.0545. The topological polar surface area (TPSA) is 67.1 Å². The molecule has 2 atom stereocenters. The van der Waals surface area contributed by atoms with E-state index in [-0.39, 0.29) is 17.8 Å². The van der Waals surface area contributed by atoms with Gasteiger partial charge in [0.15, 0.2) is 17.6 Å². The number of halogens is 1. The van der Waals surface area contributed by atoms with Crippen LogP contribution in [0.4, 0.5) is 0 Å². The van der Waals surface area contributed by atoms with Gasteiger partial charge >= 0.3 is 0 Å². The number of ether oxygens (including phenoxy) is 4. The fourth-order valence-electron chi connectivity index (χ4n) is 3.82. The van der Waals surface area contributed by atoms with Crippen molar-refractivity contribution >= 4 is 29.3 Å². The molecule has 30 heavy (non-hydrogen) atoms. The summed E-state index contributed by atoms with van der Waals surface area (Å²) in [6, 6.07) is 7.69. The monoisotopic (exact) mass is 449 g/mol. The summed E-state index contributed by atoms with van der Waals surface area (Å²) >= 11 is 7.70. The van der Waals surface area contributed by atoms with Gasteiger partial charge in [-0.3, -0.25) is 4.68 Å². The molecule has 9 heteroatoms. The Morgan fingerprint density at radius 2 is 1.83 bits per heavy atom. The maximum absolute atomic E-state index is 6.38. The third-order valence-electron chi connectivity index (χ3n) is 5.42. The number of aliphatic imine (C=N–C) groups is 1. The molecule has 0 N–H and O–H groups in total. The molecular weight excluding hydrogens is 426 g/mol. The van der Waals surface area contributed by atoms with E-state index in [1.54, 1.807) is 11.8 Å². The molecule has 1 aromatic carbocycles. The summed E-state index contributed by atoms with van der Waals surface area (Å²) in [6.07, 6.45) is 5.54. The number of hydrogen-bond donors (Lipinski definition) is 0. The van der Waals surface area contributed by atoms with Gasteiger partial charge in [-0.15, -0.1) is 0 Å². The van der Waals surface area contributed by atoms with Crippen molar-refractivity contribution < 1.29 is 18.9 Å². The summed E-state index contributed by atoms with van der Waals surface area (Å²) in [5, 5.41) is 5.22. The lowest BCUT2D eigenvalue weighted by Crippen LogP contribution is -2.24. The molecule has 3 aliphatic rings. The van der Waals surface area contributed by atoms with E-state index >= 15 is 0 Å². The number of benzene rings is 1. The van der Waals surface area contributed by atoms with Gasteiger partial charge in [0.25, 0.3) is 0 Å².